The van der Waals surface area contributed by atoms with Crippen LogP contribution in [0.3, 0.4) is 0 Å². The monoisotopic (exact) mass is 302 g/mol. The molecule has 0 bridgehead atoms. The van der Waals surface area contributed by atoms with E-state index < -0.39 is 0 Å². The molecule has 22 heavy (non-hydrogen) atoms. The zero-order valence-electron chi connectivity index (χ0n) is 13.4. The van der Waals surface area contributed by atoms with Gasteiger partial charge in [0.05, 0.1) is 13.0 Å². The summed E-state index contributed by atoms with van der Waals surface area (Å²) in [4.78, 5) is 26.2. The third kappa shape index (κ3) is 3.13. The van der Waals surface area contributed by atoms with Crippen LogP contribution in [0.15, 0.2) is 23.5 Å². The number of carbonyl (C=O) groups is 2. The number of carbonyl (C=O) groups excluding carboxylic acids is 2. The first-order chi connectivity index (χ1) is 10.5. The number of aromatic nitrogens is 1. The average molecular weight is 302 g/mol. The van der Waals surface area contributed by atoms with Gasteiger partial charge in [0.25, 0.3) is 0 Å². The summed E-state index contributed by atoms with van der Waals surface area (Å²) in [6, 6.07) is 0. The molecule has 1 fully saturated rings. The van der Waals surface area contributed by atoms with Crippen LogP contribution in [0.4, 0.5) is 0 Å². The fourth-order valence-corrected chi connectivity index (χ4v) is 2.66. The third-order valence-electron chi connectivity index (χ3n) is 4.14. The molecule has 1 aromatic rings. The standard InChI is InChI=1S/C17H22N2O3/c1-5-13-11(3)17(21)19-15(13)8-14-10(2)12(9-18-14)6-7-16(20)22-4/h5,8-9,11,18H,6-7H2,1-4H3,(H,19,21)/b13-5+,15-8-. The number of esters is 1. The predicted octanol–water partition coefficient (Wildman–Crippen LogP) is 2.48. The molecular weight excluding hydrogens is 280 g/mol. The summed E-state index contributed by atoms with van der Waals surface area (Å²) in [5.74, 6) is -0.312. The van der Waals surface area contributed by atoms with Crippen molar-refractivity contribution >= 4 is 18.0 Å². The van der Waals surface area contributed by atoms with Crippen LogP contribution in [0.25, 0.3) is 6.08 Å². The Morgan fingerprint density at radius 2 is 2.18 bits per heavy atom. The number of rotatable bonds is 4. The lowest BCUT2D eigenvalue weighted by atomic mass is 10.0. The smallest absolute Gasteiger partial charge is 0.305 e. The van der Waals surface area contributed by atoms with Crippen LogP contribution in [0.1, 0.15) is 37.1 Å². The number of methoxy groups -OCH3 is 1. The largest absolute Gasteiger partial charge is 0.469 e. The molecule has 2 heterocycles. The Labute approximate surface area is 130 Å². The zero-order valence-corrected chi connectivity index (χ0v) is 13.4. The Morgan fingerprint density at radius 1 is 1.45 bits per heavy atom. The van der Waals surface area contributed by atoms with E-state index in [4.69, 9.17) is 0 Å². The SMILES string of the molecule is C/C=C1/C(=C/c2[nH]cc(CCC(=O)OC)c2C)NC(=O)C1C. The fraction of sp³-hybridized carbons (Fsp3) is 0.412. The van der Waals surface area contributed by atoms with Crippen LogP contribution in [0, 0.1) is 12.8 Å². The summed E-state index contributed by atoms with van der Waals surface area (Å²) in [5.41, 5.74) is 4.96. The highest BCUT2D eigenvalue weighted by atomic mass is 16.5. The molecular formula is C17H22N2O3. The second-order valence-corrected chi connectivity index (χ2v) is 5.44. The molecule has 2 rings (SSSR count). The summed E-state index contributed by atoms with van der Waals surface area (Å²) >= 11 is 0. The maximum Gasteiger partial charge on any atom is 0.305 e. The molecule has 2 N–H and O–H groups in total. The van der Waals surface area contributed by atoms with Crippen molar-refractivity contribution in [3.8, 4) is 0 Å². The first-order valence-corrected chi connectivity index (χ1v) is 7.40. The molecule has 1 amide bonds. The van der Waals surface area contributed by atoms with Crippen molar-refractivity contribution in [3.63, 3.8) is 0 Å². The van der Waals surface area contributed by atoms with Crippen LogP contribution in [0.5, 0.6) is 0 Å². The molecule has 0 saturated carbocycles. The Morgan fingerprint density at radius 3 is 2.82 bits per heavy atom. The van der Waals surface area contributed by atoms with Crippen LogP contribution < -0.4 is 5.32 Å². The van der Waals surface area contributed by atoms with Gasteiger partial charge in [-0.3, -0.25) is 9.59 Å². The summed E-state index contributed by atoms with van der Waals surface area (Å²) in [6.45, 7) is 5.84. The van der Waals surface area contributed by atoms with Gasteiger partial charge in [-0.15, -0.1) is 0 Å². The van der Waals surface area contributed by atoms with Gasteiger partial charge in [-0.1, -0.05) is 6.08 Å². The van der Waals surface area contributed by atoms with Crippen LogP contribution in [-0.2, 0) is 20.7 Å². The summed E-state index contributed by atoms with van der Waals surface area (Å²) in [7, 11) is 1.39. The first-order valence-electron chi connectivity index (χ1n) is 7.40. The second-order valence-electron chi connectivity index (χ2n) is 5.44. The molecule has 1 unspecified atom stereocenters. The van der Waals surface area contributed by atoms with Crippen molar-refractivity contribution in [3.05, 3.63) is 40.4 Å². The van der Waals surface area contributed by atoms with Gasteiger partial charge >= 0.3 is 5.97 Å². The maximum absolute atomic E-state index is 11.8. The van der Waals surface area contributed by atoms with Crippen molar-refractivity contribution in [2.24, 2.45) is 5.92 Å². The zero-order chi connectivity index (χ0) is 16.3. The number of hydrogen-bond acceptors (Lipinski definition) is 3. The van der Waals surface area contributed by atoms with E-state index in [0.29, 0.717) is 12.8 Å². The molecule has 0 spiro atoms. The van der Waals surface area contributed by atoms with E-state index >= 15 is 0 Å². The molecule has 0 aromatic carbocycles. The minimum absolute atomic E-state index is 0.0227. The van der Waals surface area contributed by atoms with Crippen LogP contribution >= 0.6 is 0 Å². The van der Waals surface area contributed by atoms with E-state index in [1.807, 2.05) is 39.1 Å². The number of hydrogen-bond donors (Lipinski definition) is 2. The summed E-state index contributed by atoms with van der Waals surface area (Å²) in [5, 5.41) is 2.91. The maximum atomic E-state index is 11.8. The lowest BCUT2D eigenvalue weighted by Crippen LogP contribution is -2.16. The molecule has 118 valence electrons. The number of ether oxygens (including phenoxy) is 1. The molecule has 0 radical (unpaired) electrons. The van der Waals surface area contributed by atoms with E-state index in [0.717, 1.165) is 28.1 Å². The van der Waals surface area contributed by atoms with E-state index in [9.17, 15) is 9.59 Å². The van der Waals surface area contributed by atoms with E-state index in [1.165, 1.54) is 7.11 Å². The Bertz CT molecular complexity index is 653. The minimum atomic E-state index is -0.214. The summed E-state index contributed by atoms with van der Waals surface area (Å²) in [6.07, 6.45) is 6.81. The Hall–Kier alpha value is -2.30. The van der Waals surface area contributed by atoms with Gasteiger partial charge in [0.2, 0.25) is 5.91 Å². The number of H-pyrrole nitrogens is 1. The molecule has 1 aromatic heterocycles. The topological polar surface area (TPSA) is 71.2 Å². The molecule has 1 aliphatic heterocycles. The minimum Gasteiger partial charge on any atom is -0.469 e. The Balaban J connectivity index is 2.21. The molecule has 5 nitrogen and oxygen atoms in total. The van der Waals surface area contributed by atoms with E-state index in [1.54, 1.807) is 0 Å². The number of aryl methyl sites for hydroxylation is 1. The van der Waals surface area contributed by atoms with Crippen LogP contribution in [-0.4, -0.2) is 24.0 Å². The van der Waals surface area contributed by atoms with Gasteiger partial charge < -0.3 is 15.0 Å². The summed E-state index contributed by atoms with van der Waals surface area (Å²) < 4.78 is 4.66. The lowest BCUT2D eigenvalue weighted by molar-refractivity contribution is -0.140. The molecule has 1 atom stereocenters. The van der Waals surface area contributed by atoms with E-state index in [-0.39, 0.29) is 17.8 Å². The third-order valence-corrected chi connectivity index (χ3v) is 4.14. The average Bonchev–Trinajstić information content (AvgIpc) is 2.98. The molecule has 1 saturated heterocycles. The fourth-order valence-electron chi connectivity index (χ4n) is 2.66. The van der Waals surface area contributed by atoms with Gasteiger partial charge in [-0.25, -0.2) is 0 Å². The van der Waals surface area contributed by atoms with E-state index in [2.05, 4.69) is 15.0 Å². The van der Waals surface area contributed by atoms with Gasteiger partial charge in [-0.2, -0.15) is 0 Å². The Kier molecular flexibility index (Phi) is 4.85. The van der Waals surface area contributed by atoms with Crippen molar-refractivity contribution in [2.75, 3.05) is 7.11 Å². The van der Waals surface area contributed by atoms with Gasteiger partial charge in [0, 0.05) is 24.0 Å². The van der Waals surface area contributed by atoms with Gasteiger partial charge in [0.1, 0.15) is 0 Å². The predicted molar refractivity (Wildman–Crippen MR) is 84.9 cm³/mol. The number of allylic oxidation sites excluding steroid dienone is 2. The number of aromatic amines is 1. The quantitative estimate of drug-likeness (QED) is 0.839. The molecule has 1 aliphatic rings. The van der Waals surface area contributed by atoms with Crippen molar-refractivity contribution in [2.45, 2.75) is 33.6 Å². The second kappa shape index (κ2) is 6.64. The van der Waals surface area contributed by atoms with Crippen molar-refractivity contribution in [1.82, 2.24) is 10.3 Å². The molecule has 5 heteroatoms. The van der Waals surface area contributed by atoms with Gasteiger partial charge in [0.15, 0.2) is 0 Å². The molecule has 0 aliphatic carbocycles. The van der Waals surface area contributed by atoms with Gasteiger partial charge in [-0.05, 0) is 50.0 Å². The first kappa shape index (κ1) is 16.1. The number of nitrogens with one attached hydrogen (secondary N) is 2. The lowest BCUT2D eigenvalue weighted by Gasteiger charge is -2.03. The van der Waals surface area contributed by atoms with Crippen LogP contribution in [0.2, 0.25) is 0 Å². The highest BCUT2D eigenvalue weighted by Gasteiger charge is 2.28. The normalized spacial score (nSPS) is 21.5. The highest BCUT2D eigenvalue weighted by molar-refractivity contribution is 5.91. The van der Waals surface area contributed by atoms with Crippen molar-refractivity contribution in [1.29, 1.82) is 0 Å². The highest BCUT2D eigenvalue weighted by Crippen LogP contribution is 2.28. The van der Waals surface area contributed by atoms with Crippen molar-refractivity contribution < 1.29 is 14.3 Å². The number of amides is 1.